The summed E-state index contributed by atoms with van der Waals surface area (Å²) in [5.74, 6) is 6.56. The van der Waals surface area contributed by atoms with Crippen LogP contribution in [-0.4, -0.2) is 49.1 Å². The first-order chi connectivity index (χ1) is 11.4. The van der Waals surface area contributed by atoms with Gasteiger partial charge >= 0.3 is 0 Å². The minimum Gasteiger partial charge on any atom is -0.397 e. The number of anilines is 2. The molecule has 2 aliphatic rings. The molecule has 1 aliphatic carbocycles. The molecule has 1 aromatic rings. The fourth-order valence-corrected chi connectivity index (χ4v) is 2.56. The second kappa shape index (κ2) is 7.76. The molecule has 0 radical (unpaired) electrons. The van der Waals surface area contributed by atoms with Crippen LogP contribution in [0.25, 0.3) is 5.70 Å². The SMILES string of the molecule is CN(N)C1=C(N)c2ccnc(NC(=O)C3CC3)c2N(C)C1.CSC. The monoisotopic (exact) mass is 350 g/mol. The molecule has 0 saturated heterocycles. The molecule has 0 atom stereocenters. The number of aromatic nitrogens is 1. The van der Waals surface area contributed by atoms with E-state index in [4.69, 9.17) is 11.6 Å². The van der Waals surface area contributed by atoms with Gasteiger partial charge in [0.15, 0.2) is 5.82 Å². The van der Waals surface area contributed by atoms with E-state index in [-0.39, 0.29) is 11.8 Å². The van der Waals surface area contributed by atoms with Crippen molar-refractivity contribution < 1.29 is 4.79 Å². The molecule has 1 aliphatic heterocycles. The van der Waals surface area contributed by atoms with Gasteiger partial charge in [0.1, 0.15) is 0 Å². The number of thioether (sulfide) groups is 1. The normalized spacial score (nSPS) is 16.1. The molecule has 0 spiro atoms. The average molecular weight is 350 g/mol. The fourth-order valence-electron chi connectivity index (χ4n) is 2.56. The highest BCUT2D eigenvalue weighted by Gasteiger charge is 2.32. The van der Waals surface area contributed by atoms with Crippen molar-refractivity contribution in [3.8, 4) is 0 Å². The molecule has 1 aromatic heterocycles. The Bertz CT molecular complexity index is 641. The van der Waals surface area contributed by atoms with E-state index in [2.05, 4.69) is 10.3 Å². The Morgan fingerprint density at radius 1 is 1.46 bits per heavy atom. The van der Waals surface area contributed by atoms with Crippen LogP contribution in [0.1, 0.15) is 18.4 Å². The smallest absolute Gasteiger partial charge is 0.228 e. The Labute approximate surface area is 147 Å². The van der Waals surface area contributed by atoms with Crippen LogP contribution in [0.15, 0.2) is 18.0 Å². The number of hydrazine groups is 1. The van der Waals surface area contributed by atoms with Gasteiger partial charge in [-0.15, -0.1) is 0 Å². The summed E-state index contributed by atoms with van der Waals surface area (Å²) in [6.07, 6.45) is 7.66. The van der Waals surface area contributed by atoms with Crippen LogP contribution >= 0.6 is 11.8 Å². The second-order valence-electron chi connectivity index (χ2n) is 6.05. The second-order valence-corrected chi connectivity index (χ2v) is 6.87. The van der Waals surface area contributed by atoms with Crippen molar-refractivity contribution in [3.63, 3.8) is 0 Å². The van der Waals surface area contributed by atoms with Gasteiger partial charge in [-0.3, -0.25) is 4.79 Å². The minimum absolute atomic E-state index is 0.0357. The zero-order valence-corrected chi connectivity index (χ0v) is 15.5. The molecule has 7 nitrogen and oxygen atoms in total. The first-order valence-corrected chi connectivity index (χ1v) is 9.42. The maximum atomic E-state index is 12.0. The number of likely N-dealkylation sites (N-methyl/N-ethyl adjacent to an activating group) is 2. The lowest BCUT2D eigenvalue weighted by atomic mass is 10.0. The van der Waals surface area contributed by atoms with Crippen molar-refractivity contribution in [2.45, 2.75) is 12.8 Å². The molecule has 24 heavy (non-hydrogen) atoms. The molecule has 0 bridgehead atoms. The lowest BCUT2D eigenvalue weighted by molar-refractivity contribution is -0.117. The molecule has 2 heterocycles. The van der Waals surface area contributed by atoms with Gasteiger partial charge in [0.05, 0.1) is 23.6 Å². The lowest BCUT2D eigenvalue weighted by Gasteiger charge is -2.33. The molecular formula is C16H26N6OS. The van der Waals surface area contributed by atoms with Crippen LogP contribution in [0.5, 0.6) is 0 Å². The zero-order chi connectivity index (χ0) is 17.9. The lowest BCUT2D eigenvalue weighted by Crippen LogP contribution is -2.38. The van der Waals surface area contributed by atoms with Crippen LogP contribution in [0.4, 0.5) is 11.5 Å². The molecule has 1 saturated carbocycles. The van der Waals surface area contributed by atoms with Crippen molar-refractivity contribution >= 4 is 34.9 Å². The number of pyridine rings is 1. The van der Waals surface area contributed by atoms with E-state index >= 15 is 0 Å². The van der Waals surface area contributed by atoms with Crippen LogP contribution in [0.2, 0.25) is 0 Å². The Hall–Kier alpha value is -1.93. The summed E-state index contributed by atoms with van der Waals surface area (Å²) >= 11 is 1.75. The molecule has 8 heteroatoms. The Kier molecular flexibility index (Phi) is 5.95. The quantitative estimate of drug-likeness (QED) is 0.558. The molecule has 5 N–H and O–H groups in total. The maximum absolute atomic E-state index is 12.0. The van der Waals surface area contributed by atoms with Gasteiger partial charge in [-0.25, -0.2) is 10.8 Å². The van der Waals surface area contributed by atoms with Gasteiger partial charge in [-0.1, -0.05) is 0 Å². The molecule has 1 fully saturated rings. The van der Waals surface area contributed by atoms with Crippen LogP contribution < -0.4 is 21.8 Å². The first-order valence-electron chi connectivity index (χ1n) is 7.79. The third kappa shape index (κ3) is 3.93. The van der Waals surface area contributed by atoms with Gasteiger partial charge in [0, 0.05) is 31.8 Å². The zero-order valence-electron chi connectivity index (χ0n) is 14.7. The van der Waals surface area contributed by atoms with Crippen molar-refractivity contribution in [3.05, 3.63) is 23.5 Å². The van der Waals surface area contributed by atoms with Crippen LogP contribution in [0, 0.1) is 5.92 Å². The van der Waals surface area contributed by atoms with Crippen LogP contribution in [-0.2, 0) is 4.79 Å². The predicted octanol–water partition coefficient (Wildman–Crippen LogP) is 1.29. The van der Waals surface area contributed by atoms with Gasteiger partial charge in [-0.2, -0.15) is 11.8 Å². The summed E-state index contributed by atoms with van der Waals surface area (Å²) in [6, 6.07) is 1.84. The summed E-state index contributed by atoms with van der Waals surface area (Å²) in [5, 5.41) is 4.44. The van der Waals surface area contributed by atoms with Crippen LogP contribution in [0.3, 0.4) is 0 Å². The van der Waals surface area contributed by atoms with E-state index in [0.717, 1.165) is 29.8 Å². The first kappa shape index (κ1) is 18.4. The number of hydrogen-bond acceptors (Lipinski definition) is 7. The predicted molar refractivity (Wildman–Crippen MR) is 101 cm³/mol. The number of hydrogen-bond donors (Lipinski definition) is 3. The third-order valence-corrected chi connectivity index (χ3v) is 3.91. The highest BCUT2D eigenvalue weighted by atomic mass is 32.2. The van der Waals surface area contributed by atoms with Crippen molar-refractivity contribution in [2.75, 3.05) is 43.4 Å². The van der Waals surface area contributed by atoms with E-state index in [1.54, 1.807) is 25.0 Å². The summed E-state index contributed by atoms with van der Waals surface area (Å²) < 4.78 is 0. The molecular weight excluding hydrogens is 324 g/mol. The van der Waals surface area contributed by atoms with Gasteiger partial charge in [0.2, 0.25) is 5.91 Å². The number of nitrogens with zero attached hydrogens (tertiary/aromatic N) is 3. The van der Waals surface area contributed by atoms with E-state index < -0.39 is 0 Å². The maximum Gasteiger partial charge on any atom is 0.228 e. The Balaban J connectivity index is 0.000000647. The Morgan fingerprint density at radius 3 is 2.62 bits per heavy atom. The minimum atomic E-state index is 0.0357. The summed E-state index contributed by atoms with van der Waals surface area (Å²) in [4.78, 5) is 18.3. The highest BCUT2D eigenvalue weighted by Crippen LogP contribution is 2.37. The largest absolute Gasteiger partial charge is 0.397 e. The summed E-state index contributed by atoms with van der Waals surface area (Å²) in [6.45, 7) is 0.573. The number of nitrogens with two attached hydrogens (primary N) is 2. The van der Waals surface area contributed by atoms with Crippen molar-refractivity contribution in [2.24, 2.45) is 17.5 Å². The molecule has 0 unspecified atom stereocenters. The van der Waals surface area contributed by atoms with E-state index in [1.807, 2.05) is 30.5 Å². The number of carbonyl (C=O) groups excluding carboxylic acids is 1. The number of fused-ring (bicyclic) bond motifs is 1. The number of nitrogens with one attached hydrogen (secondary N) is 1. The molecule has 132 valence electrons. The highest BCUT2D eigenvalue weighted by molar-refractivity contribution is 7.97. The Morgan fingerprint density at radius 2 is 2.08 bits per heavy atom. The summed E-state index contributed by atoms with van der Waals surface area (Å²) in [5.41, 5.74) is 9.37. The topological polar surface area (TPSA) is 101 Å². The average Bonchev–Trinajstić information content (AvgIpc) is 3.36. The van der Waals surface area contributed by atoms with Crippen molar-refractivity contribution in [1.29, 1.82) is 0 Å². The van der Waals surface area contributed by atoms with E-state index in [9.17, 15) is 4.79 Å². The number of rotatable bonds is 3. The van der Waals surface area contributed by atoms with E-state index in [0.29, 0.717) is 18.1 Å². The van der Waals surface area contributed by atoms with Gasteiger partial charge in [-0.05, 0) is 31.4 Å². The number of carbonyl (C=O) groups is 1. The van der Waals surface area contributed by atoms with Gasteiger partial charge in [0.25, 0.3) is 0 Å². The number of amides is 1. The van der Waals surface area contributed by atoms with Crippen molar-refractivity contribution in [1.82, 2.24) is 9.99 Å². The molecule has 1 amide bonds. The summed E-state index contributed by atoms with van der Waals surface area (Å²) in [7, 11) is 3.70. The van der Waals surface area contributed by atoms with E-state index in [1.165, 1.54) is 5.01 Å². The van der Waals surface area contributed by atoms with Gasteiger partial charge < -0.3 is 21.0 Å². The third-order valence-electron chi connectivity index (χ3n) is 3.91. The molecule has 0 aromatic carbocycles. The standard InChI is InChI=1S/C14H20N6O.C2H6S/c1-19-7-10(20(2)16)11(15)9-5-6-17-13(12(9)19)18-14(21)8-3-4-8;1-3-2/h5-6,8H,3-4,7,15-16H2,1-2H3,(H,17,18,21);1-2H3. The molecule has 3 rings (SSSR count). The fraction of sp³-hybridized carbons (Fsp3) is 0.500.